The summed E-state index contributed by atoms with van der Waals surface area (Å²) in [6, 6.07) is 66.7. The molecule has 0 atom stereocenters. The van der Waals surface area contributed by atoms with Gasteiger partial charge in [0.15, 0.2) is 0 Å². The third kappa shape index (κ3) is 3.99. The molecule has 1 aliphatic rings. The van der Waals surface area contributed by atoms with Gasteiger partial charge in [0, 0.05) is 26.1 Å². The van der Waals surface area contributed by atoms with Gasteiger partial charge in [0.2, 0.25) is 0 Å². The first-order chi connectivity index (χ1) is 22.8. The van der Waals surface area contributed by atoms with Gasteiger partial charge in [-0.1, -0.05) is 182 Å². The van der Waals surface area contributed by atoms with E-state index in [1.54, 1.807) is 0 Å². The van der Waals surface area contributed by atoms with Crippen molar-refractivity contribution in [2.24, 2.45) is 0 Å². The highest BCUT2D eigenvalue weighted by Gasteiger charge is 2.46. The van der Waals surface area contributed by atoms with Crippen molar-refractivity contribution in [2.45, 2.75) is 5.41 Å². The predicted octanol–water partition coefficient (Wildman–Crippen LogP) is 12.3. The van der Waals surface area contributed by atoms with Gasteiger partial charge in [-0.3, -0.25) is 0 Å². The highest BCUT2D eigenvalue weighted by Crippen LogP contribution is 2.59. The van der Waals surface area contributed by atoms with E-state index in [-0.39, 0.29) is 0 Å². The van der Waals surface area contributed by atoms with Gasteiger partial charge in [0.05, 0.1) is 5.41 Å². The summed E-state index contributed by atoms with van der Waals surface area (Å²) in [6.45, 7) is 0. The van der Waals surface area contributed by atoms with Gasteiger partial charge in [0.1, 0.15) is 0 Å². The van der Waals surface area contributed by atoms with Crippen molar-refractivity contribution in [3.63, 3.8) is 0 Å². The summed E-state index contributed by atoms with van der Waals surface area (Å²) >= 11 is 1.91. The summed E-state index contributed by atoms with van der Waals surface area (Å²) in [5.41, 5.74) is 12.5. The molecule has 7 aromatic carbocycles. The van der Waals surface area contributed by atoms with Crippen LogP contribution < -0.4 is 0 Å². The molecule has 0 radical (unpaired) electrons. The van der Waals surface area contributed by atoms with Crippen LogP contribution in [-0.4, -0.2) is 0 Å². The molecular formula is C45H30S. The van der Waals surface area contributed by atoms with Crippen LogP contribution in [-0.2, 0) is 5.41 Å². The Morgan fingerprint density at radius 1 is 0.326 bits per heavy atom. The third-order valence-corrected chi connectivity index (χ3v) is 10.9. The summed E-state index contributed by atoms with van der Waals surface area (Å²) in [6.07, 6.45) is 0. The minimum Gasteiger partial charge on any atom is -0.134 e. The van der Waals surface area contributed by atoms with E-state index in [0.717, 1.165) is 0 Å². The second-order valence-corrected chi connectivity index (χ2v) is 13.0. The lowest BCUT2D eigenvalue weighted by Crippen LogP contribution is -2.28. The van der Waals surface area contributed by atoms with Gasteiger partial charge >= 0.3 is 0 Å². The van der Waals surface area contributed by atoms with Crippen LogP contribution >= 0.6 is 11.3 Å². The Kier molecular flexibility index (Phi) is 6.33. The molecular weight excluding hydrogens is 573 g/mol. The summed E-state index contributed by atoms with van der Waals surface area (Å²) in [5.74, 6) is 0. The molecule has 1 heteroatoms. The van der Waals surface area contributed by atoms with Gasteiger partial charge in [-0.2, -0.15) is 0 Å². The fraction of sp³-hybridized carbons (Fsp3) is 0.0222. The molecule has 1 aliphatic carbocycles. The van der Waals surface area contributed by atoms with Gasteiger partial charge in [-0.15, -0.1) is 11.3 Å². The van der Waals surface area contributed by atoms with Gasteiger partial charge in [-0.25, -0.2) is 0 Å². The van der Waals surface area contributed by atoms with E-state index in [2.05, 4.69) is 182 Å². The van der Waals surface area contributed by atoms with E-state index in [1.165, 1.54) is 76.2 Å². The van der Waals surface area contributed by atoms with E-state index in [1.807, 2.05) is 11.3 Å². The number of thiophene rings is 1. The van der Waals surface area contributed by atoms with Crippen molar-refractivity contribution in [3.05, 3.63) is 204 Å². The molecule has 8 aromatic rings. The molecule has 0 nitrogen and oxygen atoms in total. The molecule has 0 N–H and O–H groups in total. The van der Waals surface area contributed by atoms with Crippen LogP contribution in [0.5, 0.6) is 0 Å². The van der Waals surface area contributed by atoms with Crippen LogP contribution in [0.3, 0.4) is 0 Å². The van der Waals surface area contributed by atoms with E-state index in [4.69, 9.17) is 0 Å². The zero-order chi connectivity index (χ0) is 30.5. The number of hydrogen-bond donors (Lipinski definition) is 0. The Balaban J connectivity index is 1.29. The number of benzene rings is 7. The smallest absolute Gasteiger partial charge is 0.0713 e. The van der Waals surface area contributed by atoms with E-state index in [9.17, 15) is 0 Å². The maximum atomic E-state index is 2.36. The quantitative estimate of drug-likeness (QED) is 0.184. The highest BCUT2D eigenvalue weighted by molar-refractivity contribution is 7.21. The summed E-state index contributed by atoms with van der Waals surface area (Å²) in [5, 5.41) is 2.61. The van der Waals surface area contributed by atoms with Crippen molar-refractivity contribution in [1.29, 1.82) is 0 Å². The molecule has 0 fully saturated rings. The molecule has 0 spiro atoms. The first-order valence-electron chi connectivity index (χ1n) is 15.9. The lowest BCUT2D eigenvalue weighted by atomic mass is 9.67. The molecule has 216 valence electrons. The van der Waals surface area contributed by atoms with Crippen molar-refractivity contribution in [1.82, 2.24) is 0 Å². The van der Waals surface area contributed by atoms with E-state index < -0.39 is 5.41 Å². The monoisotopic (exact) mass is 602 g/mol. The summed E-state index contributed by atoms with van der Waals surface area (Å²) in [7, 11) is 0. The minimum absolute atomic E-state index is 0.409. The Morgan fingerprint density at radius 3 is 1.48 bits per heavy atom. The molecule has 46 heavy (non-hydrogen) atoms. The fourth-order valence-electron chi connectivity index (χ4n) is 7.63. The molecule has 1 heterocycles. The molecule has 0 saturated heterocycles. The largest absolute Gasteiger partial charge is 0.134 e. The van der Waals surface area contributed by atoms with Crippen LogP contribution in [0.1, 0.15) is 22.3 Å². The first kappa shape index (κ1) is 26.9. The maximum Gasteiger partial charge on any atom is 0.0713 e. The van der Waals surface area contributed by atoms with Crippen LogP contribution in [0.25, 0.3) is 53.9 Å². The van der Waals surface area contributed by atoms with Gasteiger partial charge < -0.3 is 0 Å². The second kappa shape index (κ2) is 10.8. The Bertz CT molecular complexity index is 2290. The van der Waals surface area contributed by atoms with Crippen molar-refractivity contribution in [3.8, 4) is 43.1 Å². The van der Waals surface area contributed by atoms with Crippen molar-refractivity contribution >= 4 is 22.1 Å². The van der Waals surface area contributed by atoms with E-state index >= 15 is 0 Å². The van der Waals surface area contributed by atoms with Crippen LogP contribution in [0, 0.1) is 0 Å². The standard InChI is InChI=1S/C45H30S/c1-4-15-31(16-5-1)32-27-29-33(30-28-32)43-36-21-10-11-22-37(36)44(46-43)39-24-14-26-41-42(39)38-23-12-13-25-40(38)45(41,34-17-6-2-7-18-34)35-19-8-3-9-20-35/h1-30H. The van der Waals surface area contributed by atoms with Crippen LogP contribution in [0.15, 0.2) is 182 Å². The number of rotatable bonds is 5. The first-order valence-corrected chi connectivity index (χ1v) is 16.7. The van der Waals surface area contributed by atoms with Crippen molar-refractivity contribution in [2.75, 3.05) is 0 Å². The average molecular weight is 603 g/mol. The van der Waals surface area contributed by atoms with E-state index in [0.29, 0.717) is 0 Å². The molecule has 0 aliphatic heterocycles. The highest BCUT2D eigenvalue weighted by atomic mass is 32.1. The zero-order valence-electron chi connectivity index (χ0n) is 25.2. The Morgan fingerprint density at radius 2 is 0.804 bits per heavy atom. The van der Waals surface area contributed by atoms with Crippen LogP contribution in [0.4, 0.5) is 0 Å². The third-order valence-electron chi connectivity index (χ3n) is 9.60. The van der Waals surface area contributed by atoms with Crippen LogP contribution in [0.2, 0.25) is 0 Å². The van der Waals surface area contributed by atoms with Crippen molar-refractivity contribution < 1.29 is 0 Å². The SMILES string of the molecule is c1ccc(-c2ccc(-c3sc(-c4cccc5c4-c4ccccc4C5(c4ccccc4)c4ccccc4)c4ccccc34)cc2)cc1. The second-order valence-electron chi connectivity index (χ2n) is 12.0. The summed E-state index contributed by atoms with van der Waals surface area (Å²) < 4.78 is 0. The van der Waals surface area contributed by atoms with Gasteiger partial charge in [-0.05, 0) is 50.1 Å². The average Bonchev–Trinajstić information content (AvgIpc) is 3.68. The predicted molar refractivity (Wildman–Crippen MR) is 195 cm³/mol. The normalized spacial score (nSPS) is 13.0. The lowest BCUT2D eigenvalue weighted by molar-refractivity contribution is 0.768. The fourth-order valence-corrected chi connectivity index (χ4v) is 8.95. The summed E-state index contributed by atoms with van der Waals surface area (Å²) in [4.78, 5) is 2.63. The van der Waals surface area contributed by atoms with Gasteiger partial charge in [0.25, 0.3) is 0 Å². The minimum atomic E-state index is -0.409. The molecule has 0 unspecified atom stereocenters. The molecule has 0 saturated carbocycles. The molecule has 0 bridgehead atoms. The molecule has 1 aromatic heterocycles. The topological polar surface area (TPSA) is 0 Å². The Hall–Kier alpha value is -5.50. The lowest BCUT2D eigenvalue weighted by Gasteiger charge is -2.33. The molecule has 9 rings (SSSR count). The zero-order valence-corrected chi connectivity index (χ0v) is 26.0. The molecule has 0 amide bonds. The number of hydrogen-bond acceptors (Lipinski definition) is 1. The number of fused-ring (bicyclic) bond motifs is 4. The maximum absolute atomic E-state index is 2.36. The Labute approximate surface area is 273 Å².